The minimum absolute atomic E-state index is 0.0126. The first-order valence-electron chi connectivity index (χ1n) is 7.10. The van der Waals surface area contributed by atoms with Crippen molar-refractivity contribution in [3.05, 3.63) is 30.1 Å². The smallest absolute Gasteiger partial charge is 0.240 e. The summed E-state index contributed by atoms with van der Waals surface area (Å²) in [5.41, 5.74) is 7.64. The van der Waals surface area contributed by atoms with Crippen LogP contribution in [0.5, 0.6) is 0 Å². The van der Waals surface area contributed by atoms with E-state index in [-0.39, 0.29) is 11.9 Å². The Kier molecular flexibility index (Phi) is 3.44. The molecule has 1 amide bonds. The average molecular weight is 272 g/mol. The third kappa shape index (κ3) is 2.54. The summed E-state index contributed by atoms with van der Waals surface area (Å²) in [5, 5.41) is 3.05. The lowest BCUT2D eigenvalue weighted by Crippen LogP contribution is -2.43. The Bertz CT molecular complexity index is 630. The second kappa shape index (κ2) is 5.25. The fraction of sp³-hybridized carbons (Fsp3) is 0.467. The van der Waals surface area contributed by atoms with Gasteiger partial charge >= 0.3 is 0 Å². The van der Waals surface area contributed by atoms with Crippen molar-refractivity contribution in [3.8, 4) is 0 Å². The molecule has 0 bridgehead atoms. The number of rotatable bonds is 5. The fourth-order valence-electron chi connectivity index (χ4n) is 2.66. The van der Waals surface area contributed by atoms with Crippen LogP contribution in [0, 0.1) is 12.8 Å². The lowest BCUT2D eigenvalue weighted by Gasteiger charge is -2.16. The molecular formula is C15H20N4O. The summed E-state index contributed by atoms with van der Waals surface area (Å²) >= 11 is 0. The van der Waals surface area contributed by atoms with Gasteiger partial charge in [-0.05, 0) is 37.8 Å². The van der Waals surface area contributed by atoms with Gasteiger partial charge in [0.1, 0.15) is 12.4 Å². The van der Waals surface area contributed by atoms with E-state index in [9.17, 15) is 4.79 Å². The molecule has 0 spiro atoms. The molecule has 1 saturated carbocycles. The highest BCUT2D eigenvalue weighted by molar-refractivity contribution is 5.81. The number of imidazole rings is 1. The molecule has 2 aromatic rings. The van der Waals surface area contributed by atoms with Crippen molar-refractivity contribution in [3.63, 3.8) is 0 Å². The first-order valence-corrected chi connectivity index (χ1v) is 7.10. The number of hydrogen-bond acceptors (Lipinski definition) is 3. The molecule has 1 aliphatic rings. The van der Waals surface area contributed by atoms with Crippen LogP contribution in [0.25, 0.3) is 11.0 Å². The summed E-state index contributed by atoms with van der Waals surface area (Å²) in [4.78, 5) is 16.7. The molecule has 5 heteroatoms. The second-order valence-electron chi connectivity index (χ2n) is 5.48. The zero-order valence-electron chi connectivity index (χ0n) is 11.7. The molecule has 1 aromatic carbocycles. The van der Waals surface area contributed by atoms with Crippen LogP contribution in [-0.4, -0.2) is 28.0 Å². The van der Waals surface area contributed by atoms with Crippen molar-refractivity contribution in [2.24, 2.45) is 11.7 Å². The van der Waals surface area contributed by atoms with Crippen molar-refractivity contribution < 1.29 is 4.79 Å². The Morgan fingerprint density at radius 3 is 2.95 bits per heavy atom. The van der Waals surface area contributed by atoms with Crippen LogP contribution in [0.15, 0.2) is 24.3 Å². The van der Waals surface area contributed by atoms with Crippen molar-refractivity contribution >= 4 is 16.9 Å². The van der Waals surface area contributed by atoms with Gasteiger partial charge in [-0.1, -0.05) is 12.1 Å². The maximum atomic E-state index is 12.2. The third-order valence-electron chi connectivity index (χ3n) is 3.94. The minimum atomic E-state index is 0.0126. The molecule has 106 valence electrons. The van der Waals surface area contributed by atoms with Gasteiger partial charge in [-0.25, -0.2) is 4.98 Å². The van der Waals surface area contributed by atoms with Gasteiger partial charge in [0.15, 0.2) is 0 Å². The molecule has 1 fully saturated rings. The SMILES string of the molecule is Cc1nc2ccccc2n1CC(=O)NC(CN)C1CC1. The van der Waals surface area contributed by atoms with E-state index in [0.29, 0.717) is 19.0 Å². The lowest BCUT2D eigenvalue weighted by molar-refractivity contribution is -0.122. The van der Waals surface area contributed by atoms with Gasteiger partial charge in [0.2, 0.25) is 5.91 Å². The normalized spacial score (nSPS) is 16.3. The molecule has 0 radical (unpaired) electrons. The van der Waals surface area contributed by atoms with E-state index >= 15 is 0 Å². The molecule has 3 N–H and O–H groups in total. The van der Waals surface area contributed by atoms with Gasteiger partial charge in [-0.2, -0.15) is 0 Å². The molecule has 1 aliphatic carbocycles. The molecule has 1 atom stereocenters. The number of para-hydroxylation sites is 2. The first-order chi connectivity index (χ1) is 9.69. The molecule has 5 nitrogen and oxygen atoms in total. The van der Waals surface area contributed by atoms with Gasteiger partial charge in [-0.3, -0.25) is 4.79 Å². The number of hydrogen-bond donors (Lipinski definition) is 2. The molecule has 1 heterocycles. The number of nitrogens with zero attached hydrogens (tertiary/aromatic N) is 2. The van der Waals surface area contributed by atoms with Crippen LogP contribution in [0.4, 0.5) is 0 Å². The summed E-state index contributed by atoms with van der Waals surface area (Å²) in [7, 11) is 0. The summed E-state index contributed by atoms with van der Waals surface area (Å²) in [5.74, 6) is 1.44. The molecule has 0 aliphatic heterocycles. The number of fused-ring (bicyclic) bond motifs is 1. The Morgan fingerprint density at radius 2 is 2.25 bits per heavy atom. The molecular weight excluding hydrogens is 252 g/mol. The molecule has 1 aromatic heterocycles. The van der Waals surface area contributed by atoms with Gasteiger partial charge in [0.25, 0.3) is 0 Å². The maximum Gasteiger partial charge on any atom is 0.240 e. The summed E-state index contributed by atoms with van der Waals surface area (Å²) < 4.78 is 1.95. The van der Waals surface area contributed by atoms with Crippen LogP contribution >= 0.6 is 0 Å². The molecule has 1 unspecified atom stereocenters. The number of aromatic nitrogens is 2. The molecule has 3 rings (SSSR count). The topological polar surface area (TPSA) is 72.9 Å². The number of benzene rings is 1. The number of amides is 1. The largest absolute Gasteiger partial charge is 0.350 e. The number of carbonyl (C=O) groups is 1. The highest BCUT2D eigenvalue weighted by atomic mass is 16.2. The molecule has 0 saturated heterocycles. The predicted octanol–water partition coefficient (Wildman–Crippen LogP) is 1.20. The van der Waals surface area contributed by atoms with Crippen molar-refractivity contribution in [2.45, 2.75) is 32.4 Å². The number of nitrogens with one attached hydrogen (secondary N) is 1. The average Bonchev–Trinajstić information content (AvgIpc) is 3.23. The van der Waals surface area contributed by atoms with Crippen LogP contribution < -0.4 is 11.1 Å². The van der Waals surface area contributed by atoms with E-state index in [0.717, 1.165) is 16.9 Å². The second-order valence-corrected chi connectivity index (χ2v) is 5.48. The minimum Gasteiger partial charge on any atom is -0.350 e. The Hall–Kier alpha value is -1.88. The monoisotopic (exact) mass is 272 g/mol. The van der Waals surface area contributed by atoms with E-state index in [4.69, 9.17) is 5.73 Å². The summed E-state index contributed by atoms with van der Waals surface area (Å²) in [6.07, 6.45) is 2.35. The van der Waals surface area contributed by atoms with Gasteiger partial charge in [0.05, 0.1) is 11.0 Å². The number of aryl methyl sites for hydroxylation is 1. The zero-order chi connectivity index (χ0) is 14.1. The highest BCUT2D eigenvalue weighted by Gasteiger charge is 2.31. The van der Waals surface area contributed by atoms with Gasteiger partial charge in [0, 0.05) is 12.6 Å². The first kappa shape index (κ1) is 13.1. The van der Waals surface area contributed by atoms with E-state index in [1.54, 1.807) is 0 Å². The van der Waals surface area contributed by atoms with Crippen LogP contribution in [-0.2, 0) is 11.3 Å². The number of nitrogens with two attached hydrogens (primary N) is 1. The quantitative estimate of drug-likeness (QED) is 0.859. The van der Waals surface area contributed by atoms with E-state index in [1.165, 1.54) is 12.8 Å². The highest BCUT2D eigenvalue weighted by Crippen LogP contribution is 2.32. The van der Waals surface area contributed by atoms with Crippen molar-refractivity contribution in [2.75, 3.05) is 6.54 Å². The maximum absolute atomic E-state index is 12.2. The van der Waals surface area contributed by atoms with E-state index in [2.05, 4.69) is 10.3 Å². The lowest BCUT2D eigenvalue weighted by atomic mass is 10.2. The summed E-state index contributed by atoms with van der Waals surface area (Å²) in [6, 6.07) is 7.99. The summed E-state index contributed by atoms with van der Waals surface area (Å²) in [6.45, 7) is 2.74. The van der Waals surface area contributed by atoms with Crippen LogP contribution in [0.2, 0.25) is 0 Å². The van der Waals surface area contributed by atoms with Crippen molar-refractivity contribution in [1.82, 2.24) is 14.9 Å². The molecule has 20 heavy (non-hydrogen) atoms. The Morgan fingerprint density at radius 1 is 1.50 bits per heavy atom. The van der Waals surface area contributed by atoms with Crippen LogP contribution in [0.3, 0.4) is 0 Å². The Balaban J connectivity index is 1.75. The number of carbonyl (C=O) groups excluding carboxylic acids is 1. The predicted molar refractivity (Wildman–Crippen MR) is 78.2 cm³/mol. The van der Waals surface area contributed by atoms with Gasteiger partial charge in [-0.15, -0.1) is 0 Å². The van der Waals surface area contributed by atoms with Crippen LogP contribution in [0.1, 0.15) is 18.7 Å². The van der Waals surface area contributed by atoms with E-state index in [1.807, 2.05) is 35.8 Å². The zero-order valence-corrected chi connectivity index (χ0v) is 11.7. The Labute approximate surface area is 118 Å². The third-order valence-corrected chi connectivity index (χ3v) is 3.94. The van der Waals surface area contributed by atoms with E-state index < -0.39 is 0 Å². The van der Waals surface area contributed by atoms with Crippen molar-refractivity contribution in [1.29, 1.82) is 0 Å². The fourth-order valence-corrected chi connectivity index (χ4v) is 2.66. The van der Waals surface area contributed by atoms with Gasteiger partial charge < -0.3 is 15.6 Å². The standard InChI is InChI=1S/C15H20N4O/c1-10-17-12-4-2-3-5-14(12)19(10)9-15(20)18-13(8-16)11-6-7-11/h2-5,11,13H,6-9,16H2,1H3,(H,18,20).